The number of nitrogens with zero attached hydrogens (tertiary/aromatic N) is 2. The second-order valence-electron chi connectivity index (χ2n) is 1.79. The Morgan fingerprint density at radius 3 is 2.42 bits per heavy atom. The lowest BCUT2D eigenvalue weighted by Crippen LogP contribution is -2.12. The van der Waals surface area contributed by atoms with Crippen LogP contribution in [0.4, 0.5) is 13.2 Å². The molecule has 0 bridgehead atoms. The molecule has 68 valence electrons. The summed E-state index contributed by atoms with van der Waals surface area (Å²) in [6.07, 6.45) is -4.53. The molecule has 1 aromatic heterocycles. The van der Waals surface area contributed by atoms with Crippen molar-refractivity contribution in [3.05, 3.63) is 14.7 Å². The van der Waals surface area contributed by atoms with E-state index in [4.69, 9.17) is 0 Å². The van der Waals surface area contributed by atoms with E-state index < -0.39 is 16.1 Å². The number of hydrogen-bond acceptors (Lipinski definition) is 3. The zero-order chi connectivity index (χ0) is 9.35. The van der Waals surface area contributed by atoms with Crippen LogP contribution in [0.15, 0.2) is 4.79 Å². The lowest BCUT2D eigenvalue weighted by Gasteiger charge is -1.97. The highest BCUT2D eigenvalue weighted by molar-refractivity contribution is 9.08. The number of rotatable bonds is 1. The van der Waals surface area contributed by atoms with Crippen molar-refractivity contribution in [2.75, 3.05) is 0 Å². The van der Waals surface area contributed by atoms with Gasteiger partial charge in [0.1, 0.15) is 5.45 Å². The fourth-order valence-corrected chi connectivity index (χ4v) is 1.63. The average molecular weight is 263 g/mol. The molecule has 0 aliphatic heterocycles. The maximum atomic E-state index is 11.9. The minimum atomic E-state index is -4.53. The van der Waals surface area contributed by atoms with E-state index in [2.05, 4.69) is 21.0 Å². The number of aromatic nitrogens is 2. The molecule has 1 aromatic rings. The molecule has 0 aromatic carbocycles. The molecule has 0 unspecified atom stereocenters. The molecule has 0 fully saturated rings. The van der Waals surface area contributed by atoms with Crippen molar-refractivity contribution in [3.8, 4) is 0 Å². The third-order valence-electron chi connectivity index (χ3n) is 0.962. The van der Waals surface area contributed by atoms with Gasteiger partial charge in [-0.15, -0.1) is 0 Å². The van der Waals surface area contributed by atoms with Gasteiger partial charge in [0, 0.05) is 0 Å². The van der Waals surface area contributed by atoms with Gasteiger partial charge in [0.2, 0.25) is 5.01 Å². The van der Waals surface area contributed by atoms with Crippen molar-refractivity contribution in [2.45, 2.75) is 11.6 Å². The van der Waals surface area contributed by atoms with E-state index >= 15 is 0 Å². The van der Waals surface area contributed by atoms with Crippen molar-refractivity contribution in [3.63, 3.8) is 0 Å². The highest BCUT2D eigenvalue weighted by atomic mass is 79.9. The Labute approximate surface area is 76.9 Å². The van der Waals surface area contributed by atoms with Crippen LogP contribution in [0.25, 0.3) is 0 Å². The Morgan fingerprint density at radius 2 is 2.17 bits per heavy atom. The molecular formula is C4H2BrF3N2OS. The molecule has 1 rings (SSSR count). The molecule has 12 heavy (non-hydrogen) atoms. The number of alkyl halides is 4. The summed E-state index contributed by atoms with van der Waals surface area (Å²) in [5, 5.41) is 1.93. The molecule has 0 aliphatic rings. The van der Waals surface area contributed by atoms with Crippen LogP contribution in [0.5, 0.6) is 0 Å². The fourth-order valence-electron chi connectivity index (χ4n) is 0.496. The maximum absolute atomic E-state index is 11.9. The van der Waals surface area contributed by atoms with Gasteiger partial charge >= 0.3 is 11.0 Å². The average Bonchev–Trinajstić information content (AvgIpc) is 2.29. The molecule has 1 heterocycles. The third-order valence-corrected chi connectivity index (χ3v) is 2.33. The summed E-state index contributed by atoms with van der Waals surface area (Å²) in [7, 11) is 0. The summed E-state index contributed by atoms with van der Waals surface area (Å²) in [6.45, 7) is 0. The molecule has 0 atom stereocenters. The Hall–Kier alpha value is -0.370. The molecule has 0 spiro atoms. The molecule has 0 radical (unpaired) electrons. The lowest BCUT2D eigenvalue weighted by atomic mass is 10.7. The van der Waals surface area contributed by atoms with Crippen molar-refractivity contribution < 1.29 is 13.2 Å². The second kappa shape index (κ2) is 3.17. The first-order valence-corrected chi connectivity index (χ1v) is 4.60. The normalized spacial score (nSPS) is 12.0. The summed E-state index contributed by atoms with van der Waals surface area (Å²) in [6, 6.07) is 0. The van der Waals surface area contributed by atoms with Gasteiger partial charge in [-0.3, -0.25) is 4.79 Å². The van der Waals surface area contributed by atoms with Gasteiger partial charge in [-0.05, 0) is 11.3 Å². The smallest absolute Gasteiger partial charge is 0.255 e. The summed E-state index contributed by atoms with van der Waals surface area (Å²) in [4.78, 5) is 9.98. The van der Waals surface area contributed by atoms with Crippen LogP contribution in [-0.4, -0.2) is 9.78 Å². The van der Waals surface area contributed by atoms with E-state index in [0.29, 0.717) is 4.68 Å². The van der Waals surface area contributed by atoms with Crippen LogP contribution >= 0.6 is 27.3 Å². The van der Waals surface area contributed by atoms with Crippen LogP contribution < -0.4 is 4.87 Å². The van der Waals surface area contributed by atoms with Gasteiger partial charge < -0.3 is 0 Å². The SMILES string of the molecule is O=c1sc(C(F)(F)F)nn1CBr. The van der Waals surface area contributed by atoms with Gasteiger partial charge in [-0.2, -0.15) is 18.3 Å². The monoisotopic (exact) mass is 262 g/mol. The van der Waals surface area contributed by atoms with Crippen molar-refractivity contribution in [1.29, 1.82) is 0 Å². The Balaban J connectivity index is 3.14. The van der Waals surface area contributed by atoms with Crippen LogP contribution in [0, 0.1) is 0 Å². The van der Waals surface area contributed by atoms with E-state index in [1.54, 1.807) is 0 Å². The zero-order valence-corrected chi connectivity index (χ0v) is 7.83. The first kappa shape index (κ1) is 9.72. The van der Waals surface area contributed by atoms with E-state index in [0.717, 1.165) is 0 Å². The summed E-state index contributed by atoms with van der Waals surface area (Å²) in [5.41, 5.74) is -0.0294. The molecule has 3 nitrogen and oxygen atoms in total. The van der Waals surface area contributed by atoms with Gasteiger partial charge in [0.15, 0.2) is 0 Å². The highest BCUT2D eigenvalue weighted by Crippen LogP contribution is 2.28. The molecule has 0 amide bonds. The van der Waals surface area contributed by atoms with Gasteiger partial charge in [-0.1, -0.05) is 15.9 Å². The number of hydrogen-bond donors (Lipinski definition) is 0. The minimum Gasteiger partial charge on any atom is -0.255 e. The minimum absolute atomic E-state index is 0.0294. The summed E-state index contributed by atoms with van der Waals surface area (Å²) in [5.74, 6) is 0. The molecule has 0 saturated carbocycles. The van der Waals surface area contributed by atoms with E-state index in [1.807, 2.05) is 0 Å². The summed E-state index contributed by atoms with van der Waals surface area (Å²) >= 11 is 2.92. The predicted molar refractivity (Wildman–Crippen MR) is 40.3 cm³/mol. The standard InChI is InChI=1S/C4H2BrF3N2OS/c5-1-10-3(11)12-2(9-10)4(6,7)8/h1H2. The van der Waals surface area contributed by atoms with Gasteiger partial charge in [-0.25, -0.2) is 4.68 Å². The van der Waals surface area contributed by atoms with Crippen molar-refractivity contribution >= 4 is 27.3 Å². The first-order valence-electron chi connectivity index (χ1n) is 2.66. The van der Waals surface area contributed by atoms with Crippen LogP contribution in [-0.2, 0) is 11.6 Å². The molecule has 0 aliphatic carbocycles. The maximum Gasteiger partial charge on any atom is 0.445 e. The van der Waals surface area contributed by atoms with E-state index in [1.165, 1.54) is 0 Å². The Kier molecular flexibility index (Phi) is 2.57. The molecule has 0 saturated heterocycles. The Bertz CT molecular complexity index is 330. The van der Waals surface area contributed by atoms with E-state index in [-0.39, 0.29) is 16.8 Å². The fraction of sp³-hybridized carbons (Fsp3) is 0.500. The van der Waals surface area contributed by atoms with Crippen LogP contribution in [0.1, 0.15) is 5.01 Å². The highest BCUT2D eigenvalue weighted by Gasteiger charge is 2.35. The quantitative estimate of drug-likeness (QED) is 0.722. The van der Waals surface area contributed by atoms with Crippen molar-refractivity contribution in [1.82, 2.24) is 9.78 Å². The van der Waals surface area contributed by atoms with E-state index in [9.17, 15) is 18.0 Å². The van der Waals surface area contributed by atoms with Crippen LogP contribution in [0.2, 0.25) is 0 Å². The first-order chi connectivity index (χ1) is 5.45. The van der Waals surface area contributed by atoms with Crippen LogP contribution in [0.3, 0.4) is 0 Å². The molecular weight excluding hydrogens is 261 g/mol. The Morgan fingerprint density at radius 1 is 1.58 bits per heavy atom. The predicted octanol–water partition coefficient (Wildman–Crippen LogP) is 1.68. The molecule has 8 heteroatoms. The largest absolute Gasteiger partial charge is 0.445 e. The molecule has 0 N–H and O–H groups in total. The second-order valence-corrected chi connectivity index (χ2v) is 3.23. The third kappa shape index (κ3) is 1.86. The topological polar surface area (TPSA) is 34.9 Å². The number of halogens is 4. The van der Waals surface area contributed by atoms with Gasteiger partial charge in [0.25, 0.3) is 0 Å². The summed E-state index contributed by atoms with van der Waals surface area (Å²) < 4.78 is 36.4. The zero-order valence-electron chi connectivity index (χ0n) is 5.43. The van der Waals surface area contributed by atoms with Crippen molar-refractivity contribution in [2.24, 2.45) is 0 Å². The lowest BCUT2D eigenvalue weighted by molar-refractivity contribution is -0.138. The van der Waals surface area contributed by atoms with Gasteiger partial charge in [0.05, 0.1) is 0 Å².